The molecule has 0 aliphatic carbocycles. The molecule has 1 aliphatic heterocycles. The first-order valence-electron chi connectivity index (χ1n) is 10.2. The van der Waals surface area contributed by atoms with Crippen molar-refractivity contribution in [2.45, 2.75) is 25.7 Å². The fourth-order valence-electron chi connectivity index (χ4n) is 3.83. The van der Waals surface area contributed by atoms with Gasteiger partial charge in [0.1, 0.15) is 11.5 Å². The van der Waals surface area contributed by atoms with Crippen molar-refractivity contribution in [2.75, 3.05) is 40.4 Å². The van der Waals surface area contributed by atoms with E-state index in [9.17, 15) is 9.59 Å². The van der Waals surface area contributed by atoms with E-state index in [1.165, 1.54) is 0 Å². The van der Waals surface area contributed by atoms with Crippen LogP contribution in [0.25, 0.3) is 0 Å². The van der Waals surface area contributed by atoms with E-state index in [4.69, 9.17) is 9.47 Å². The van der Waals surface area contributed by atoms with Gasteiger partial charge in [-0.3, -0.25) is 9.59 Å². The zero-order valence-corrected chi connectivity index (χ0v) is 18.2. The summed E-state index contributed by atoms with van der Waals surface area (Å²) >= 11 is 0. The number of hydrogen-bond donors (Lipinski definition) is 0. The number of methoxy groups -OCH3 is 2. The van der Waals surface area contributed by atoms with E-state index in [0.29, 0.717) is 37.7 Å². The molecule has 0 N–H and O–H groups in total. The second-order valence-electron chi connectivity index (χ2n) is 8.02. The molecule has 6 nitrogen and oxygen atoms in total. The Hall–Kier alpha value is -3.02. The van der Waals surface area contributed by atoms with Crippen molar-refractivity contribution in [3.63, 3.8) is 0 Å². The van der Waals surface area contributed by atoms with Crippen molar-refractivity contribution < 1.29 is 19.1 Å². The summed E-state index contributed by atoms with van der Waals surface area (Å²) in [5.74, 6) is 1.48. The van der Waals surface area contributed by atoms with Gasteiger partial charge in [0.25, 0.3) is 0 Å². The highest BCUT2D eigenvalue weighted by Gasteiger charge is 2.35. The number of hydrogen-bond acceptors (Lipinski definition) is 4. The van der Waals surface area contributed by atoms with E-state index in [2.05, 4.69) is 0 Å². The smallest absolute Gasteiger partial charge is 0.232 e. The van der Waals surface area contributed by atoms with Crippen LogP contribution >= 0.6 is 0 Å². The monoisotopic (exact) mass is 410 g/mol. The number of benzene rings is 2. The molecule has 1 aliphatic rings. The van der Waals surface area contributed by atoms with E-state index in [1.807, 2.05) is 72.2 Å². The van der Waals surface area contributed by atoms with Crippen LogP contribution in [0.2, 0.25) is 0 Å². The van der Waals surface area contributed by atoms with E-state index in [-0.39, 0.29) is 18.2 Å². The Labute approximate surface area is 178 Å². The second-order valence-corrected chi connectivity index (χ2v) is 8.02. The highest BCUT2D eigenvalue weighted by molar-refractivity contribution is 5.88. The summed E-state index contributed by atoms with van der Waals surface area (Å²) in [4.78, 5) is 29.7. The van der Waals surface area contributed by atoms with Gasteiger partial charge in [0.2, 0.25) is 11.8 Å². The van der Waals surface area contributed by atoms with Crippen LogP contribution in [-0.2, 0) is 21.4 Å². The number of nitrogens with zero attached hydrogens (tertiary/aromatic N) is 2. The van der Waals surface area contributed by atoms with Crippen molar-refractivity contribution in [2.24, 2.45) is 0 Å². The SMILES string of the molecule is COc1ccc(OC)c(CC(=O)N2CCN(C(=O)C(C)(C)c3ccccc3)CC2)c1. The molecule has 0 bridgehead atoms. The molecule has 160 valence electrons. The zero-order chi connectivity index (χ0) is 21.7. The third-order valence-corrected chi connectivity index (χ3v) is 5.78. The molecule has 0 radical (unpaired) electrons. The molecule has 0 aromatic heterocycles. The molecule has 1 heterocycles. The predicted molar refractivity (Wildman–Crippen MR) is 116 cm³/mol. The van der Waals surface area contributed by atoms with Gasteiger partial charge in [-0.1, -0.05) is 30.3 Å². The summed E-state index contributed by atoms with van der Waals surface area (Å²) in [6, 6.07) is 15.3. The van der Waals surface area contributed by atoms with Crippen LogP contribution in [-0.4, -0.2) is 62.0 Å². The predicted octanol–water partition coefficient (Wildman–Crippen LogP) is 2.89. The number of piperazine rings is 1. The zero-order valence-electron chi connectivity index (χ0n) is 18.2. The van der Waals surface area contributed by atoms with Crippen LogP contribution in [0.1, 0.15) is 25.0 Å². The molecule has 6 heteroatoms. The van der Waals surface area contributed by atoms with Gasteiger partial charge in [-0.05, 0) is 37.6 Å². The minimum absolute atomic E-state index is 0.0240. The van der Waals surface area contributed by atoms with Crippen molar-refractivity contribution in [3.05, 3.63) is 59.7 Å². The van der Waals surface area contributed by atoms with E-state index in [1.54, 1.807) is 14.2 Å². The maximum Gasteiger partial charge on any atom is 0.232 e. The minimum Gasteiger partial charge on any atom is -0.497 e. The highest BCUT2D eigenvalue weighted by Crippen LogP contribution is 2.27. The number of carbonyl (C=O) groups excluding carboxylic acids is 2. The summed E-state index contributed by atoms with van der Waals surface area (Å²) in [6.07, 6.45) is 0.240. The average molecular weight is 411 g/mol. The fraction of sp³-hybridized carbons (Fsp3) is 0.417. The summed E-state index contributed by atoms with van der Waals surface area (Å²) in [7, 11) is 3.19. The standard InChI is InChI=1S/C24H30N2O4/c1-24(2,19-8-6-5-7-9-19)23(28)26-14-12-25(13-15-26)22(27)17-18-16-20(29-3)10-11-21(18)30-4/h5-11,16H,12-15,17H2,1-4H3. The molecule has 2 aromatic carbocycles. The number of ether oxygens (including phenoxy) is 2. The lowest BCUT2D eigenvalue weighted by Gasteiger charge is -2.39. The molecule has 0 spiro atoms. The van der Waals surface area contributed by atoms with Crippen molar-refractivity contribution in [3.8, 4) is 11.5 Å². The molecule has 0 saturated carbocycles. The van der Waals surface area contributed by atoms with Crippen LogP contribution in [0.3, 0.4) is 0 Å². The normalized spacial score (nSPS) is 14.4. The summed E-state index contributed by atoms with van der Waals surface area (Å²) in [5, 5.41) is 0. The minimum atomic E-state index is -0.596. The van der Waals surface area contributed by atoms with Gasteiger partial charge < -0.3 is 19.3 Å². The Bertz CT molecular complexity index is 887. The average Bonchev–Trinajstić information content (AvgIpc) is 2.79. The van der Waals surface area contributed by atoms with Crippen LogP contribution in [0.4, 0.5) is 0 Å². The summed E-state index contributed by atoms with van der Waals surface area (Å²) in [6.45, 7) is 6.05. The van der Waals surface area contributed by atoms with Gasteiger partial charge >= 0.3 is 0 Å². The lowest BCUT2D eigenvalue weighted by atomic mass is 9.83. The fourth-order valence-corrected chi connectivity index (χ4v) is 3.83. The molecule has 0 unspecified atom stereocenters. The van der Waals surface area contributed by atoms with Gasteiger partial charge in [-0.25, -0.2) is 0 Å². The molecule has 1 saturated heterocycles. The quantitative estimate of drug-likeness (QED) is 0.735. The molecule has 2 amide bonds. The van der Waals surface area contributed by atoms with E-state index in [0.717, 1.165) is 11.1 Å². The first-order valence-corrected chi connectivity index (χ1v) is 10.2. The van der Waals surface area contributed by atoms with Crippen molar-refractivity contribution in [1.82, 2.24) is 9.80 Å². The summed E-state index contributed by atoms with van der Waals surface area (Å²) < 4.78 is 10.6. The Balaban J connectivity index is 1.61. The van der Waals surface area contributed by atoms with Gasteiger partial charge in [0, 0.05) is 31.7 Å². The number of carbonyl (C=O) groups is 2. The van der Waals surface area contributed by atoms with Crippen LogP contribution in [0.5, 0.6) is 11.5 Å². The largest absolute Gasteiger partial charge is 0.497 e. The maximum atomic E-state index is 13.1. The molecular weight excluding hydrogens is 380 g/mol. The Morgan fingerprint density at radius 3 is 2.13 bits per heavy atom. The topological polar surface area (TPSA) is 59.1 Å². The third kappa shape index (κ3) is 4.58. The Morgan fingerprint density at radius 2 is 1.53 bits per heavy atom. The van der Waals surface area contributed by atoms with E-state index >= 15 is 0 Å². The molecule has 2 aromatic rings. The van der Waals surface area contributed by atoms with Gasteiger partial charge in [0.05, 0.1) is 26.1 Å². The lowest BCUT2D eigenvalue weighted by Crippen LogP contribution is -2.54. The maximum absolute atomic E-state index is 13.1. The molecule has 30 heavy (non-hydrogen) atoms. The lowest BCUT2D eigenvalue weighted by molar-refractivity contribution is -0.142. The summed E-state index contributed by atoms with van der Waals surface area (Å²) in [5.41, 5.74) is 1.20. The highest BCUT2D eigenvalue weighted by atomic mass is 16.5. The van der Waals surface area contributed by atoms with Crippen molar-refractivity contribution >= 4 is 11.8 Å². The van der Waals surface area contributed by atoms with Crippen molar-refractivity contribution in [1.29, 1.82) is 0 Å². The number of amides is 2. The molecular formula is C24H30N2O4. The van der Waals surface area contributed by atoms with E-state index < -0.39 is 5.41 Å². The third-order valence-electron chi connectivity index (χ3n) is 5.78. The Morgan fingerprint density at radius 1 is 0.900 bits per heavy atom. The second kappa shape index (κ2) is 9.20. The van der Waals surface area contributed by atoms with Gasteiger partial charge in [0.15, 0.2) is 0 Å². The molecule has 1 fully saturated rings. The van der Waals surface area contributed by atoms with Gasteiger partial charge in [-0.2, -0.15) is 0 Å². The first-order chi connectivity index (χ1) is 14.4. The van der Waals surface area contributed by atoms with Crippen LogP contribution in [0.15, 0.2) is 48.5 Å². The van der Waals surface area contributed by atoms with Crippen LogP contribution in [0, 0.1) is 0 Å². The van der Waals surface area contributed by atoms with Gasteiger partial charge in [-0.15, -0.1) is 0 Å². The Kier molecular flexibility index (Phi) is 6.65. The first kappa shape index (κ1) is 21.7. The molecule has 3 rings (SSSR count). The number of rotatable bonds is 6. The molecule has 0 atom stereocenters. The van der Waals surface area contributed by atoms with Crippen LogP contribution < -0.4 is 9.47 Å².